The highest BCUT2D eigenvalue weighted by atomic mass is 19.1. The van der Waals surface area contributed by atoms with Gasteiger partial charge in [0.15, 0.2) is 5.65 Å². The van der Waals surface area contributed by atoms with Crippen molar-refractivity contribution in [2.45, 2.75) is 44.9 Å². The fourth-order valence-electron chi connectivity index (χ4n) is 4.83. The quantitative estimate of drug-likeness (QED) is 0.354. The van der Waals surface area contributed by atoms with E-state index < -0.39 is 17.6 Å². The Morgan fingerprint density at radius 2 is 1.95 bits per heavy atom. The summed E-state index contributed by atoms with van der Waals surface area (Å²) in [6.07, 6.45) is 5.73. The van der Waals surface area contributed by atoms with E-state index in [1.54, 1.807) is 13.0 Å². The van der Waals surface area contributed by atoms with Gasteiger partial charge in [0.25, 0.3) is 0 Å². The second-order valence-corrected chi connectivity index (χ2v) is 9.81. The SMILES string of the molecule is COC(=O)c1cc2c(-c3ccc(F)cc3F)nc(N3C[C@@H](C)O[C@@H](c4cnn(C5CC5)c4)C3)nc2nc1C. The molecule has 2 fully saturated rings. The Bertz CT molecular complexity index is 1550. The van der Waals surface area contributed by atoms with Crippen molar-refractivity contribution in [1.82, 2.24) is 24.7 Å². The van der Waals surface area contributed by atoms with Crippen molar-refractivity contribution in [3.05, 3.63) is 65.1 Å². The van der Waals surface area contributed by atoms with E-state index in [0.717, 1.165) is 24.5 Å². The Balaban J connectivity index is 1.45. The van der Waals surface area contributed by atoms with Crippen molar-refractivity contribution in [1.29, 1.82) is 0 Å². The molecule has 196 valence electrons. The predicted molar refractivity (Wildman–Crippen MR) is 135 cm³/mol. The van der Waals surface area contributed by atoms with Gasteiger partial charge in [0.2, 0.25) is 5.95 Å². The summed E-state index contributed by atoms with van der Waals surface area (Å²) in [6.45, 7) is 4.60. The van der Waals surface area contributed by atoms with Crippen LogP contribution in [-0.4, -0.2) is 57.0 Å². The largest absolute Gasteiger partial charge is 0.465 e. The molecule has 2 atom stereocenters. The minimum Gasteiger partial charge on any atom is -0.465 e. The first-order valence-electron chi connectivity index (χ1n) is 12.5. The number of rotatable bonds is 5. The molecule has 0 bridgehead atoms. The van der Waals surface area contributed by atoms with Gasteiger partial charge in [0.1, 0.15) is 17.7 Å². The van der Waals surface area contributed by atoms with E-state index in [1.807, 2.05) is 28.9 Å². The van der Waals surface area contributed by atoms with Crippen molar-refractivity contribution in [2.75, 3.05) is 25.1 Å². The number of aryl methyl sites for hydroxylation is 1. The van der Waals surface area contributed by atoms with Crippen LogP contribution in [0.15, 0.2) is 36.7 Å². The summed E-state index contributed by atoms with van der Waals surface area (Å²) >= 11 is 0. The predicted octanol–water partition coefficient (Wildman–Crippen LogP) is 4.56. The molecule has 9 nitrogen and oxygen atoms in total. The van der Waals surface area contributed by atoms with Crippen LogP contribution in [0.25, 0.3) is 22.3 Å². The molecule has 4 aromatic rings. The maximum atomic E-state index is 15.0. The molecule has 6 rings (SSSR count). The maximum Gasteiger partial charge on any atom is 0.339 e. The van der Waals surface area contributed by atoms with Crippen molar-refractivity contribution >= 4 is 23.0 Å². The second-order valence-electron chi connectivity index (χ2n) is 9.81. The molecule has 0 amide bonds. The first-order valence-corrected chi connectivity index (χ1v) is 12.5. The standard InChI is InChI=1S/C27H26F2N6O3/c1-14-11-34(13-23(38-14)16-10-30-35(12-16)18-5-6-18)27-32-24(19-7-4-17(28)8-22(19)29)21-9-20(26(36)37-3)15(2)31-25(21)33-27/h4,7-10,12,14,18,23H,5-6,11,13H2,1-3H3/t14-,23-/m1/s1. The van der Waals surface area contributed by atoms with Crippen molar-refractivity contribution < 1.29 is 23.0 Å². The van der Waals surface area contributed by atoms with Gasteiger partial charge < -0.3 is 14.4 Å². The molecule has 4 heterocycles. The Morgan fingerprint density at radius 1 is 1.13 bits per heavy atom. The Morgan fingerprint density at radius 3 is 2.68 bits per heavy atom. The number of anilines is 1. The number of benzene rings is 1. The number of hydrogen-bond acceptors (Lipinski definition) is 8. The highest BCUT2D eigenvalue weighted by Crippen LogP contribution is 2.36. The molecule has 3 aromatic heterocycles. The zero-order valence-electron chi connectivity index (χ0n) is 21.2. The Hall–Kier alpha value is -3.99. The molecular formula is C27H26F2N6O3. The van der Waals surface area contributed by atoms with Crippen LogP contribution in [0.4, 0.5) is 14.7 Å². The van der Waals surface area contributed by atoms with Crippen LogP contribution in [0.2, 0.25) is 0 Å². The molecule has 11 heteroatoms. The lowest BCUT2D eigenvalue weighted by molar-refractivity contribution is -0.0178. The Labute approximate surface area is 217 Å². The fourth-order valence-corrected chi connectivity index (χ4v) is 4.83. The lowest BCUT2D eigenvalue weighted by Crippen LogP contribution is -2.43. The number of aromatic nitrogens is 5. The monoisotopic (exact) mass is 520 g/mol. The number of methoxy groups -OCH3 is 1. The van der Waals surface area contributed by atoms with Crippen LogP contribution in [0, 0.1) is 18.6 Å². The van der Waals surface area contributed by atoms with Crippen LogP contribution in [-0.2, 0) is 9.47 Å². The summed E-state index contributed by atoms with van der Waals surface area (Å²) in [5.41, 5.74) is 2.17. The number of carbonyl (C=O) groups is 1. The molecule has 2 aliphatic rings. The molecular weight excluding hydrogens is 494 g/mol. The summed E-state index contributed by atoms with van der Waals surface area (Å²) in [4.78, 5) is 28.3. The van der Waals surface area contributed by atoms with E-state index in [4.69, 9.17) is 19.4 Å². The summed E-state index contributed by atoms with van der Waals surface area (Å²) in [7, 11) is 1.27. The molecule has 0 unspecified atom stereocenters. The lowest BCUT2D eigenvalue weighted by atomic mass is 10.0. The summed E-state index contributed by atoms with van der Waals surface area (Å²) in [6, 6.07) is 5.30. The molecule has 0 N–H and O–H groups in total. The molecule has 1 aliphatic heterocycles. The minimum atomic E-state index is -0.781. The van der Waals surface area contributed by atoms with E-state index in [2.05, 4.69) is 10.1 Å². The van der Waals surface area contributed by atoms with Crippen molar-refractivity contribution in [3.8, 4) is 11.3 Å². The van der Waals surface area contributed by atoms with Gasteiger partial charge in [-0.3, -0.25) is 4.68 Å². The molecule has 1 saturated carbocycles. The average Bonchev–Trinajstić information content (AvgIpc) is 3.63. The maximum absolute atomic E-state index is 15.0. The summed E-state index contributed by atoms with van der Waals surface area (Å²) in [5.74, 6) is -1.73. The normalized spacial score (nSPS) is 19.7. The highest BCUT2D eigenvalue weighted by molar-refractivity contribution is 5.99. The molecule has 38 heavy (non-hydrogen) atoms. The number of pyridine rings is 1. The van der Waals surface area contributed by atoms with E-state index in [1.165, 1.54) is 19.2 Å². The average molecular weight is 521 g/mol. The van der Waals surface area contributed by atoms with E-state index in [-0.39, 0.29) is 34.7 Å². The lowest BCUT2D eigenvalue weighted by Gasteiger charge is -2.36. The minimum absolute atomic E-state index is 0.0742. The van der Waals surface area contributed by atoms with E-state index in [9.17, 15) is 9.18 Å². The number of nitrogens with zero attached hydrogens (tertiary/aromatic N) is 6. The Kier molecular flexibility index (Phi) is 6.02. The molecule has 1 aromatic carbocycles. The zero-order chi connectivity index (χ0) is 26.6. The number of hydrogen-bond donors (Lipinski definition) is 0. The third-order valence-electron chi connectivity index (χ3n) is 6.91. The third-order valence-corrected chi connectivity index (χ3v) is 6.91. The van der Waals surface area contributed by atoms with Gasteiger partial charge in [-0.25, -0.2) is 23.5 Å². The van der Waals surface area contributed by atoms with E-state index in [0.29, 0.717) is 36.2 Å². The van der Waals surface area contributed by atoms with Crippen LogP contribution < -0.4 is 4.90 Å². The van der Waals surface area contributed by atoms with Gasteiger partial charge in [-0.2, -0.15) is 10.1 Å². The highest BCUT2D eigenvalue weighted by Gasteiger charge is 2.32. The number of halogens is 2. The molecule has 1 aliphatic carbocycles. The fraction of sp³-hybridized carbons (Fsp3) is 0.370. The van der Waals surface area contributed by atoms with Crippen molar-refractivity contribution in [2.24, 2.45) is 0 Å². The van der Waals surface area contributed by atoms with Crippen LogP contribution in [0.5, 0.6) is 0 Å². The molecule has 0 radical (unpaired) electrons. The smallest absolute Gasteiger partial charge is 0.339 e. The van der Waals surface area contributed by atoms with Gasteiger partial charge in [-0.05, 0) is 44.9 Å². The number of fused-ring (bicyclic) bond motifs is 1. The topological polar surface area (TPSA) is 95.3 Å². The van der Waals surface area contributed by atoms with Gasteiger partial charge in [0, 0.05) is 35.3 Å². The van der Waals surface area contributed by atoms with Gasteiger partial charge in [0.05, 0.1) is 48.9 Å². The van der Waals surface area contributed by atoms with Crippen molar-refractivity contribution in [3.63, 3.8) is 0 Å². The number of carbonyl (C=O) groups excluding carboxylic acids is 1. The van der Waals surface area contributed by atoms with Crippen LogP contribution in [0.1, 0.15) is 53.5 Å². The first kappa shape index (κ1) is 24.4. The number of ether oxygens (including phenoxy) is 2. The summed E-state index contributed by atoms with van der Waals surface area (Å²) in [5, 5.41) is 4.85. The van der Waals surface area contributed by atoms with Gasteiger partial charge >= 0.3 is 5.97 Å². The third kappa shape index (κ3) is 4.47. The molecule has 0 spiro atoms. The van der Waals surface area contributed by atoms with E-state index >= 15 is 4.39 Å². The second kappa shape index (κ2) is 9.39. The van der Waals surface area contributed by atoms with Crippen LogP contribution in [0.3, 0.4) is 0 Å². The van der Waals surface area contributed by atoms with Gasteiger partial charge in [-0.15, -0.1) is 0 Å². The first-order chi connectivity index (χ1) is 18.3. The number of esters is 1. The van der Waals surface area contributed by atoms with Gasteiger partial charge in [-0.1, -0.05) is 0 Å². The summed E-state index contributed by atoms with van der Waals surface area (Å²) < 4.78 is 41.8. The number of morpholine rings is 1. The molecule has 1 saturated heterocycles. The zero-order valence-corrected chi connectivity index (χ0v) is 21.2. The van der Waals surface area contributed by atoms with Crippen LogP contribution >= 0.6 is 0 Å².